The zero-order valence-corrected chi connectivity index (χ0v) is 17.5. The number of carbonyl (C=O) groups is 1. The number of hydrogen-bond acceptors (Lipinski definition) is 5. The van der Waals surface area contributed by atoms with Crippen LogP contribution in [0.5, 0.6) is 0 Å². The van der Waals surface area contributed by atoms with Crippen molar-refractivity contribution in [2.24, 2.45) is 5.92 Å². The average Bonchev–Trinajstić information content (AvgIpc) is 2.79. The number of hydrogen-bond donors (Lipinski definition) is 1. The molecule has 3 aromatic rings. The number of carbonyl (C=O) groups excluding carboxylic acids is 1. The second kappa shape index (κ2) is 9.03. The Morgan fingerprint density at radius 2 is 1.87 bits per heavy atom. The number of amides is 1. The van der Waals surface area contributed by atoms with Gasteiger partial charge in [-0.25, -0.2) is 9.97 Å². The van der Waals surface area contributed by atoms with E-state index in [4.69, 9.17) is 4.98 Å². The van der Waals surface area contributed by atoms with Gasteiger partial charge in [0.2, 0.25) is 5.91 Å². The van der Waals surface area contributed by atoms with E-state index >= 15 is 0 Å². The quantitative estimate of drug-likeness (QED) is 0.706. The van der Waals surface area contributed by atoms with Crippen molar-refractivity contribution in [3.8, 4) is 11.4 Å². The number of benzene rings is 1. The highest BCUT2D eigenvalue weighted by molar-refractivity contribution is 5.79. The molecule has 30 heavy (non-hydrogen) atoms. The summed E-state index contributed by atoms with van der Waals surface area (Å²) in [7, 11) is 0. The van der Waals surface area contributed by atoms with Gasteiger partial charge in [-0.05, 0) is 44.4 Å². The molecule has 6 nitrogen and oxygen atoms in total. The van der Waals surface area contributed by atoms with Gasteiger partial charge in [0.15, 0.2) is 5.82 Å². The molecule has 1 aromatic carbocycles. The molecule has 4 rings (SSSR count). The van der Waals surface area contributed by atoms with E-state index in [0.717, 1.165) is 48.6 Å². The highest BCUT2D eigenvalue weighted by Gasteiger charge is 2.26. The molecule has 0 saturated carbocycles. The summed E-state index contributed by atoms with van der Waals surface area (Å²) in [5, 5.41) is 3.09. The molecule has 1 fully saturated rings. The molecule has 0 unspecified atom stereocenters. The first-order valence-corrected chi connectivity index (χ1v) is 10.4. The Kier molecular flexibility index (Phi) is 6.02. The highest BCUT2D eigenvalue weighted by Crippen LogP contribution is 2.25. The monoisotopic (exact) mass is 401 g/mol. The molecule has 0 spiro atoms. The summed E-state index contributed by atoms with van der Waals surface area (Å²) in [6, 6.07) is 14.1. The first kappa shape index (κ1) is 20.0. The van der Waals surface area contributed by atoms with Crippen LogP contribution in [0.2, 0.25) is 0 Å². The second-order valence-electron chi connectivity index (χ2n) is 7.90. The molecule has 0 radical (unpaired) electrons. The zero-order valence-electron chi connectivity index (χ0n) is 17.5. The third kappa shape index (κ3) is 4.82. The number of anilines is 1. The maximum Gasteiger partial charge on any atom is 0.223 e. The second-order valence-corrected chi connectivity index (χ2v) is 7.90. The third-order valence-corrected chi connectivity index (χ3v) is 5.54. The summed E-state index contributed by atoms with van der Waals surface area (Å²) in [6.45, 7) is 6.25. The molecule has 6 heteroatoms. The lowest BCUT2D eigenvalue weighted by molar-refractivity contribution is -0.125. The molecule has 2 aromatic heterocycles. The zero-order chi connectivity index (χ0) is 20.9. The summed E-state index contributed by atoms with van der Waals surface area (Å²) >= 11 is 0. The predicted molar refractivity (Wildman–Crippen MR) is 118 cm³/mol. The Hall–Kier alpha value is -3.28. The molecule has 1 N–H and O–H groups in total. The lowest BCUT2D eigenvalue weighted by Gasteiger charge is -2.32. The largest absolute Gasteiger partial charge is 0.356 e. The fourth-order valence-corrected chi connectivity index (χ4v) is 3.75. The van der Waals surface area contributed by atoms with Gasteiger partial charge in [-0.2, -0.15) is 0 Å². The van der Waals surface area contributed by atoms with Crippen molar-refractivity contribution in [3.05, 3.63) is 71.7 Å². The van der Waals surface area contributed by atoms with Crippen LogP contribution in [0.1, 0.15) is 29.7 Å². The topological polar surface area (TPSA) is 71.0 Å². The molecule has 1 saturated heterocycles. The molecule has 154 valence electrons. The Labute approximate surface area is 177 Å². The van der Waals surface area contributed by atoms with Gasteiger partial charge >= 0.3 is 0 Å². The van der Waals surface area contributed by atoms with E-state index in [2.05, 4.69) is 51.4 Å². The van der Waals surface area contributed by atoms with Crippen molar-refractivity contribution >= 4 is 11.7 Å². The van der Waals surface area contributed by atoms with Crippen LogP contribution in [0, 0.1) is 19.8 Å². The number of pyridine rings is 1. The predicted octanol–water partition coefficient (Wildman–Crippen LogP) is 3.69. The van der Waals surface area contributed by atoms with E-state index in [-0.39, 0.29) is 11.8 Å². The molecule has 0 atom stereocenters. The minimum absolute atomic E-state index is 0.0485. The first-order chi connectivity index (χ1) is 14.6. The van der Waals surface area contributed by atoms with Crippen molar-refractivity contribution in [2.75, 3.05) is 18.0 Å². The SMILES string of the molecule is Cc1ccc(CNC(=O)C2CCN(c3cc(C)nc(-c4cccnc4)n3)CC2)cc1. The van der Waals surface area contributed by atoms with Crippen LogP contribution < -0.4 is 10.2 Å². The molecule has 3 heterocycles. The van der Waals surface area contributed by atoms with Crippen molar-refractivity contribution in [1.29, 1.82) is 0 Å². The van der Waals surface area contributed by atoms with Gasteiger partial charge in [-0.1, -0.05) is 29.8 Å². The van der Waals surface area contributed by atoms with Crippen LogP contribution in [0.4, 0.5) is 5.82 Å². The maximum atomic E-state index is 12.6. The lowest BCUT2D eigenvalue weighted by atomic mass is 9.95. The molecule has 1 aliphatic rings. The Balaban J connectivity index is 1.35. The third-order valence-electron chi connectivity index (χ3n) is 5.54. The van der Waals surface area contributed by atoms with Crippen molar-refractivity contribution in [2.45, 2.75) is 33.2 Å². The van der Waals surface area contributed by atoms with Gasteiger partial charge in [0.25, 0.3) is 0 Å². The summed E-state index contributed by atoms with van der Waals surface area (Å²) in [6.07, 6.45) is 5.17. The molecule has 1 amide bonds. The number of piperidine rings is 1. The Morgan fingerprint density at radius 3 is 2.57 bits per heavy atom. The first-order valence-electron chi connectivity index (χ1n) is 10.4. The smallest absolute Gasteiger partial charge is 0.223 e. The van der Waals surface area contributed by atoms with E-state index in [1.165, 1.54) is 5.56 Å². The minimum atomic E-state index is 0.0485. The van der Waals surface area contributed by atoms with Crippen molar-refractivity contribution < 1.29 is 4.79 Å². The van der Waals surface area contributed by atoms with Crippen molar-refractivity contribution in [1.82, 2.24) is 20.3 Å². The number of rotatable bonds is 5. The lowest BCUT2D eigenvalue weighted by Crippen LogP contribution is -2.40. The van der Waals surface area contributed by atoms with E-state index in [1.54, 1.807) is 12.4 Å². The van der Waals surface area contributed by atoms with Gasteiger partial charge in [-0.3, -0.25) is 9.78 Å². The number of aromatic nitrogens is 3. The molecular formula is C24H27N5O. The van der Waals surface area contributed by atoms with Crippen LogP contribution in [-0.4, -0.2) is 33.9 Å². The minimum Gasteiger partial charge on any atom is -0.356 e. The average molecular weight is 402 g/mol. The van der Waals surface area contributed by atoms with Gasteiger partial charge in [0.05, 0.1) is 0 Å². The fourth-order valence-electron chi connectivity index (χ4n) is 3.75. The van der Waals surface area contributed by atoms with Gasteiger partial charge in [0, 0.05) is 55.3 Å². The molecular weight excluding hydrogens is 374 g/mol. The fraction of sp³-hybridized carbons (Fsp3) is 0.333. The standard InChI is InChI=1S/C24H27N5O/c1-17-5-7-19(8-6-17)15-26-24(30)20-9-12-29(13-10-20)22-14-18(2)27-23(28-22)21-4-3-11-25-16-21/h3-8,11,14,16,20H,9-10,12-13,15H2,1-2H3,(H,26,30). The normalized spacial score (nSPS) is 14.5. The van der Waals surface area contributed by atoms with Gasteiger partial charge in [-0.15, -0.1) is 0 Å². The molecule has 0 bridgehead atoms. The van der Waals surface area contributed by atoms with Crippen LogP contribution in [0.25, 0.3) is 11.4 Å². The number of nitrogens with one attached hydrogen (secondary N) is 1. The Morgan fingerprint density at radius 1 is 1.10 bits per heavy atom. The van der Waals surface area contributed by atoms with Gasteiger partial charge < -0.3 is 10.2 Å². The van der Waals surface area contributed by atoms with Crippen molar-refractivity contribution in [3.63, 3.8) is 0 Å². The van der Waals surface area contributed by atoms with E-state index in [9.17, 15) is 4.79 Å². The summed E-state index contributed by atoms with van der Waals surface area (Å²) in [5.74, 6) is 1.80. The van der Waals surface area contributed by atoms with E-state index in [1.807, 2.05) is 25.1 Å². The summed E-state index contributed by atoms with van der Waals surface area (Å²) < 4.78 is 0. The molecule has 1 aliphatic heterocycles. The number of nitrogens with zero attached hydrogens (tertiary/aromatic N) is 4. The van der Waals surface area contributed by atoms with Gasteiger partial charge in [0.1, 0.15) is 5.82 Å². The Bertz CT molecular complexity index is 996. The van der Waals surface area contributed by atoms with E-state index < -0.39 is 0 Å². The number of aryl methyl sites for hydroxylation is 2. The van der Waals surface area contributed by atoms with E-state index in [0.29, 0.717) is 12.4 Å². The van der Waals surface area contributed by atoms with Crippen LogP contribution in [-0.2, 0) is 11.3 Å². The van der Waals surface area contributed by atoms with Crippen LogP contribution in [0.3, 0.4) is 0 Å². The summed E-state index contributed by atoms with van der Waals surface area (Å²) in [4.78, 5) is 28.3. The maximum absolute atomic E-state index is 12.6. The van der Waals surface area contributed by atoms with Crippen LogP contribution in [0.15, 0.2) is 54.9 Å². The molecule has 0 aliphatic carbocycles. The summed E-state index contributed by atoms with van der Waals surface area (Å²) in [5.41, 5.74) is 4.19. The highest BCUT2D eigenvalue weighted by atomic mass is 16.1. The van der Waals surface area contributed by atoms with Crippen LogP contribution >= 0.6 is 0 Å².